The molecule has 1 atom stereocenters. The van der Waals surface area contributed by atoms with Crippen LogP contribution < -0.4 is 10.7 Å². The van der Waals surface area contributed by atoms with Crippen molar-refractivity contribution in [3.63, 3.8) is 0 Å². The topological polar surface area (TPSA) is 81.4 Å². The number of ether oxygens (including phenoxy) is 1. The summed E-state index contributed by atoms with van der Waals surface area (Å²) in [5.41, 5.74) is 2.09. The van der Waals surface area contributed by atoms with E-state index in [4.69, 9.17) is 20.8 Å². The van der Waals surface area contributed by atoms with Gasteiger partial charge >= 0.3 is 5.97 Å². The van der Waals surface area contributed by atoms with Gasteiger partial charge in [0.2, 0.25) is 0 Å². The number of hydrogen-bond acceptors (Lipinski definition) is 7. The van der Waals surface area contributed by atoms with Gasteiger partial charge in [-0.15, -0.1) is 0 Å². The molecule has 3 aromatic rings. The minimum Gasteiger partial charge on any atom is -0.455 e. The van der Waals surface area contributed by atoms with Crippen LogP contribution in [0.5, 0.6) is 0 Å². The highest BCUT2D eigenvalue weighted by atomic mass is 35.5. The molecule has 3 rings (SSSR count). The number of aryl methyl sites for hydroxylation is 1. The van der Waals surface area contributed by atoms with Crippen molar-refractivity contribution in [3.05, 3.63) is 62.5 Å². The predicted molar refractivity (Wildman–Crippen MR) is 130 cm³/mol. The van der Waals surface area contributed by atoms with Crippen molar-refractivity contribution >= 4 is 46.0 Å². The molecule has 1 N–H and O–H groups in total. The first-order chi connectivity index (χ1) is 15.0. The van der Waals surface area contributed by atoms with Crippen molar-refractivity contribution < 1.29 is 13.9 Å². The molecule has 0 aliphatic carbocycles. The van der Waals surface area contributed by atoms with Crippen LogP contribution in [0.3, 0.4) is 0 Å². The highest BCUT2D eigenvalue weighted by Crippen LogP contribution is 2.31. The molecular weight excluding hydrogens is 448 g/mol. The van der Waals surface area contributed by atoms with Crippen LogP contribution in [-0.2, 0) is 4.74 Å². The molecule has 170 valence electrons. The number of benzene rings is 1. The van der Waals surface area contributed by atoms with Crippen molar-refractivity contribution in [2.24, 2.45) is 0 Å². The number of thioether (sulfide) groups is 1. The number of hydrogen-bond donors (Lipinski definition) is 1. The van der Waals surface area contributed by atoms with E-state index in [1.54, 1.807) is 32.9 Å². The van der Waals surface area contributed by atoms with Crippen LogP contribution in [0, 0.1) is 6.92 Å². The van der Waals surface area contributed by atoms with Crippen molar-refractivity contribution in [2.45, 2.75) is 58.3 Å². The summed E-state index contributed by atoms with van der Waals surface area (Å²) >= 11 is 7.52. The second kappa shape index (κ2) is 9.55. The van der Waals surface area contributed by atoms with Gasteiger partial charge in [0.1, 0.15) is 16.3 Å². The van der Waals surface area contributed by atoms with E-state index in [9.17, 15) is 9.59 Å². The number of aromatic nitrogens is 1. The molecule has 2 aromatic heterocycles. The summed E-state index contributed by atoms with van der Waals surface area (Å²) in [5, 5.41) is 4.61. The van der Waals surface area contributed by atoms with Crippen LogP contribution in [0.4, 0.5) is 5.69 Å². The number of nitrogens with zero attached hydrogens (tertiary/aromatic N) is 1. The Labute approximate surface area is 196 Å². The van der Waals surface area contributed by atoms with Gasteiger partial charge in [-0.3, -0.25) is 4.79 Å². The van der Waals surface area contributed by atoms with Crippen LogP contribution in [0.15, 0.2) is 44.6 Å². The molecule has 0 fully saturated rings. The molecule has 0 saturated carbocycles. The quantitative estimate of drug-likeness (QED) is 0.252. The molecule has 0 aliphatic rings. The van der Waals surface area contributed by atoms with Crippen LogP contribution >= 0.6 is 23.4 Å². The maximum Gasteiger partial charge on any atom is 0.359 e. The SMILES string of the molecule is CCSc1cc(=O)c2cc(C)cc([C@@H](C)Nc3ccc(Cl)nc3C(=O)OC(C)(C)C)c2o1. The molecule has 0 spiro atoms. The first kappa shape index (κ1) is 24.1. The van der Waals surface area contributed by atoms with Crippen LogP contribution in [0.1, 0.15) is 62.3 Å². The molecule has 0 aliphatic heterocycles. The molecule has 2 heterocycles. The zero-order chi connectivity index (χ0) is 23.6. The summed E-state index contributed by atoms with van der Waals surface area (Å²) in [4.78, 5) is 29.6. The van der Waals surface area contributed by atoms with Crippen LogP contribution in [-0.4, -0.2) is 22.3 Å². The Bertz CT molecular complexity index is 1220. The van der Waals surface area contributed by atoms with Crippen LogP contribution in [0.2, 0.25) is 5.15 Å². The highest BCUT2D eigenvalue weighted by Gasteiger charge is 2.24. The molecule has 32 heavy (non-hydrogen) atoms. The number of rotatable bonds is 6. The summed E-state index contributed by atoms with van der Waals surface area (Å²) in [6.45, 7) is 11.2. The van der Waals surface area contributed by atoms with Gasteiger partial charge in [0, 0.05) is 11.6 Å². The number of pyridine rings is 1. The number of anilines is 1. The minimum absolute atomic E-state index is 0.0815. The van der Waals surface area contributed by atoms with Gasteiger partial charge in [0.25, 0.3) is 0 Å². The first-order valence-electron chi connectivity index (χ1n) is 10.4. The number of nitrogens with one attached hydrogen (secondary N) is 1. The second-order valence-electron chi connectivity index (χ2n) is 8.49. The third-order valence-electron chi connectivity index (χ3n) is 4.56. The van der Waals surface area contributed by atoms with E-state index < -0.39 is 11.6 Å². The Hall–Kier alpha value is -2.51. The van der Waals surface area contributed by atoms with E-state index in [0.29, 0.717) is 21.7 Å². The molecule has 0 unspecified atom stereocenters. The Morgan fingerprint density at radius 2 is 2.00 bits per heavy atom. The first-order valence-corrected chi connectivity index (χ1v) is 11.7. The van der Waals surface area contributed by atoms with E-state index in [0.717, 1.165) is 16.9 Å². The van der Waals surface area contributed by atoms with Gasteiger partial charge in [0.05, 0.1) is 17.1 Å². The molecule has 6 nitrogen and oxygen atoms in total. The van der Waals surface area contributed by atoms with E-state index in [2.05, 4.69) is 10.3 Å². The largest absolute Gasteiger partial charge is 0.455 e. The normalized spacial score (nSPS) is 12.6. The van der Waals surface area contributed by atoms with Crippen molar-refractivity contribution in [1.82, 2.24) is 4.98 Å². The molecular formula is C24H27ClN2O4S. The summed E-state index contributed by atoms with van der Waals surface area (Å²) in [6, 6.07) is 8.33. The molecule has 0 radical (unpaired) electrons. The second-order valence-corrected chi connectivity index (χ2v) is 10.1. The van der Waals surface area contributed by atoms with E-state index in [-0.39, 0.29) is 22.3 Å². The fourth-order valence-electron chi connectivity index (χ4n) is 3.29. The summed E-state index contributed by atoms with van der Waals surface area (Å²) in [5.74, 6) is 0.219. The molecule has 0 saturated heterocycles. The lowest BCUT2D eigenvalue weighted by Crippen LogP contribution is -2.25. The lowest BCUT2D eigenvalue weighted by atomic mass is 10.0. The van der Waals surface area contributed by atoms with Gasteiger partial charge in [-0.25, -0.2) is 9.78 Å². The monoisotopic (exact) mass is 474 g/mol. The average Bonchev–Trinajstić information content (AvgIpc) is 2.68. The van der Waals surface area contributed by atoms with Gasteiger partial charge in [-0.2, -0.15) is 0 Å². The fraction of sp³-hybridized carbons (Fsp3) is 0.375. The Morgan fingerprint density at radius 1 is 1.28 bits per heavy atom. The Morgan fingerprint density at radius 3 is 2.66 bits per heavy atom. The zero-order valence-electron chi connectivity index (χ0n) is 19.0. The smallest absolute Gasteiger partial charge is 0.359 e. The van der Waals surface area contributed by atoms with Gasteiger partial charge < -0.3 is 14.5 Å². The lowest BCUT2D eigenvalue weighted by Gasteiger charge is -2.22. The van der Waals surface area contributed by atoms with Gasteiger partial charge in [-0.05, 0) is 64.1 Å². The maximum atomic E-state index is 12.7. The molecule has 0 amide bonds. The summed E-state index contributed by atoms with van der Waals surface area (Å²) < 4.78 is 11.6. The molecule has 0 bridgehead atoms. The minimum atomic E-state index is -0.673. The summed E-state index contributed by atoms with van der Waals surface area (Å²) in [6.07, 6.45) is 0. The number of carbonyl (C=O) groups is 1. The Balaban J connectivity index is 2.05. The maximum absolute atomic E-state index is 12.7. The van der Waals surface area contributed by atoms with Crippen LogP contribution in [0.25, 0.3) is 11.0 Å². The van der Waals surface area contributed by atoms with E-state index >= 15 is 0 Å². The van der Waals surface area contributed by atoms with Crippen molar-refractivity contribution in [1.29, 1.82) is 0 Å². The number of carbonyl (C=O) groups excluding carboxylic acids is 1. The van der Waals surface area contributed by atoms with E-state index in [1.807, 2.05) is 32.9 Å². The summed E-state index contributed by atoms with van der Waals surface area (Å²) in [7, 11) is 0. The van der Waals surface area contributed by atoms with Crippen molar-refractivity contribution in [3.8, 4) is 0 Å². The number of esters is 1. The van der Waals surface area contributed by atoms with Crippen molar-refractivity contribution in [2.75, 3.05) is 11.1 Å². The highest BCUT2D eigenvalue weighted by molar-refractivity contribution is 7.99. The third kappa shape index (κ3) is 5.64. The number of fused-ring (bicyclic) bond motifs is 1. The molecule has 8 heteroatoms. The average molecular weight is 475 g/mol. The predicted octanol–water partition coefficient (Wildman–Crippen LogP) is 6.39. The molecule has 1 aromatic carbocycles. The fourth-order valence-corrected chi connectivity index (χ4v) is 4.06. The number of halogens is 1. The van der Waals surface area contributed by atoms with Gasteiger partial charge in [0.15, 0.2) is 16.2 Å². The Kier molecular flexibility index (Phi) is 7.20. The lowest BCUT2D eigenvalue weighted by molar-refractivity contribution is 0.00640. The van der Waals surface area contributed by atoms with Gasteiger partial charge in [-0.1, -0.05) is 36.4 Å². The standard InChI is InChI=1S/C24H27ClN2O4S/c1-7-32-20-12-18(28)16-11-13(2)10-15(22(16)30-20)14(3)26-17-8-9-19(25)27-21(17)23(29)31-24(4,5)6/h8-12,14,26H,7H2,1-6H3/t14-/m1/s1. The third-order valence-corrected chi connectivity index (χ3v) is 5.54. The zero-order valence-corrected chi connectivity index (χ0v) is 20.6. The van der Waals surface area contributed by atoms with E-state index in [1.165, 1.54) is 17.8 Å².